The van der Waals surface area contributed by atoms with Crippen LogP contribution in [0.2, 0.25) is 10.0 Å². The third-order valence-corrected chi connectivity index (χ3v) is 8.40. The number of carbonyl (C=O) groups excluding carboxylic acids is 2. The molecule has 1 N–H and O–H groups in total. The van der Waals surface area contributed by atoms with Crippen LogP contribution in [0.25, 0.3) is 22.2 Å². The molecule has 0 bridgehead atoms. The van der Waals surface area contributed by atoms with Gasteiger partial charge in [-0.3, -0.25) is 4.79 Å². The monoisotopic (exact) mass is 538 g/mol. The molecule has 0 spiro atoms. The zero-order valence-corrected chi connectivity index (χ0v) is 22.4. The molecule has 36 heavy (non-hydrogen) atoms. The van der Waals surface area contributed by atoms with Crippen molar-refractivity contribution >= 4 is 62.3 Å². The van der Waals surface area contributed by atoms with Crippen molar-refractivity contribution in [2.24, 2.45) is 5.92 Å². The summed E-state index contributed by atoms with van der Waals surface area (Å²) >= 11 is 14.1. The maximum absolute atomic E-state index is 13.9. The van der Waals surface area contributed by atoms with Crippen molar-refractivity contribution in [3.05, 3.63) is 79.6 Å². The Labute approximate surface area is 223 Å². The van der Waals surface area contributed by atoms with E-state index in [0.29, 0.717) is 54.4 Å². The number of ether oxygens (including phenoxy) is 1. The molecule has 2 aromatic heterocycles. The Kier molecular flexibility index (Phi) is 6.77. The van der Waals surface area contributed by atoms with Crippen LogP contribution < -0.4 is 5.32 Å². The van der Waals surface area contributed by atoms with Gasteiger partial charge in [0.15, 0.2) is 0 Å². The average molecular weight is 539 g/mol. The van der Waals surface area contributed by atoms with Crippen molar-refractivity contribution in [2.45, 2.75) is 33.1 Å². The first kappa shape index (κ1) is 24.8. The van der Waals surface area contributed by atoms with Crippen molar-refractivity contribution in [2.75, 3.05) is 12.4 Å². The number of nitrogens with one attached hydrogen (secondary N) is 1. The number of thiophene rings is 1. The van der Waals surface area contributed by atoms with Gasteiger partial charge in [-0.15, -0.1) is 11.3 Å². The molecule has 0 saturated heterocycles. The average Bonchev–Trinajstić information content (AvgIpc) is 3.20. The van der Waals surface area contributed by atoms with E-state index < -0.39 is 5.97 Å². The molecule has 1 aliphatic rings. The number of nitrogens with zero attached hydrogens (tertiary/aromatic N) is 1. The number of esters is 1. The van der Waals surface area contributed by atoms with Gasteiger partial charge in [-0.1, -0.05) is 48.3 Å². The SMILES string of the molecule is COC(=O)c1c(NC(=O)c2c(C)c(-c3ccc(Cl)cc3Cl)nc3ccccc23)sc2c1CCC(C)C2. The number of anilines is 1. The smallest absolute Gasteiger partial charge is 0.341 e. The van der Waals surface area contributed by atoms with E-state index in [9.17, 15) is 9.59 Å². The van der Waals surface area contributed by atoms with Crippen LogP contribution in [-0.2, 0) is 17.6 Å². The molecule has 0 radical (unpaired) electrons. The number of amides is 1. The highest BCUT2D eigenvalue weighted by molar-refractivity contribution is 7.17. The zero-order valence-electron chi connectivity index (χ0n) is 20.1. The highest BCUT2D eigenvalue weighted by Crippen LogP contribution is 2.41. The van der Waals surface area contributed by atoms with E-state index in [1.54, 1.807) is 18.2 Å². The molecule has 184 valence electrons. The van der Waals surface area contributed by atoms with Crippen molar-refractivity contribution in [3.8, 4) is 11.3 Å². The molecule has 1 amide bonds. The van der Waals surface area contributed by atoms with E-state index in [1.165, 1.54) is 18.4 Å². The number of para-hydroxylation sites is 1. The summed E-state index contributed by atoms with van der Waals surface area (Å²) in [5.74, 6) is -0.209. The maximum Gasteiger partial charge on any atom is 0.341 e. The van der Waals surface area contributed by atoms with Crippen LogP contribution in [0, 0.1) is 12.8 Å². The maximum atomic E-state index is 13.9. The molecule has 2 aromatic carbocycles. The summed E-state index contributed by atoms with van der Waals surface area (Å²) < 4.78 is 5.09. The minimum absolute atomic E-state index is 0.311. The van der Waals surface area contributed by atoms with Crippen molar-refractivity contribution in [1.82, 2.24) is 4.98 Å². The predicted octanol–water partition coefficient (Wildman–Crippen LogP) is 7.74. The highest BCUT2D eigenvalue weighted by atomic mass is 35.5. The second-order valence-corrected chi connectivity index (χ2v) is 11.1. The standard InChI is InChI=1S/C28H24Cl2N2O3S/c1-14-8-10-19-22(12-14)36-27(24(19)28(34)35-3)32-26(33)23-15(2)25(17-11-9-16(29)13-20(17)30)31-21-7-5-4-6-18(21)23/h4-7,9,11,13-14H,8,10,12H2,1-3H3,(H,32,33). The largest absolute Gasteiger partial charge is 0.465 e. The lowest BCUT2D eigenvalue weighted by molar-refractivity contribution is 0.0601. The number of halogens is 2. The van der Waals surface area contributed by atoms with E-state index in [1.807, 2.05) is 31.2 Å². The number of hydrogen-bond donors (Lipinski definition) is 1. The van der Waals surface area contributed by atoms with Crippen LogP contribution in [0.4, 0.5) is 5.00 Å². The number of rotatable bonds is 4. The summed E-state index contributed by atoms with van der Waals surface area (Å²) in [5.41, 5.74) is 4.59. The lowest BCUT2D eigenvalue weighted by atomic mass is 9.88. The molecule has 2 heterocycles. The number of hydrogen-bond acceptors (Lipinski definition) is 5. The van der Waals surface area contributed by atoms with Gasteiger partial charge in [0.1, 0.15) is 5.00 Å². The minimum atomic E-state index is -0.428. The van der Waals surface area contributed by atoms with Gasteiger partial charge in [0, 0.05) is 20.8 Å². The van der Waals surface area contributed by atoms with Gasteiger partial charge in [0.25, 0.3) is 5.91 Å². The number of carbonyl (C=O) groups is 2. The molecule has 0 saturated carbocycles. The van der Waals surface area contributed by atoms with E-state index in [-0.39, 0.29) is 5.91 Å². The van der Waals surface area contributed by atoms with Gasteiger partial charge < -0.3 is 10.1 Å². The fourth-order valence-electron chi connectivity index (χ4n) is 4.87. The third-order valence-electron chi connectivity index (χ3n) is 6.68. The van der Waals surface area contributed by atoms with Gasteiger partial charge in [0.2, 0.25) is 0 Å². The number of aromatic nitrogens is 1. The summed E-state index contributed by atoms with van der Waals surface area (Å²) in [6.07, 6.45) is 2.68. The summed E-state index contributed by atoms with van der Waals surface area (Å²) in [7, 11) is 1.37. The lowest BCUT2D eigenvalue weighted by Crippen LogP contribution is -2.17. The van der Waals surface area contributed by atoms with Crippen molar-refractivity contribution in [1.29, 1.82) is 0 Å². The number of benzene rings is 2. The van der Waals surface area contributed by atoms with E-state index >= 15 is 0 Å². The molecule has 4 aromatic rings. The first-order chi connectivity index (χ1) is 17.3. The summed E-state index contributed by atoms with van der Waals surface area (Å²) in [6, 6.07) is 12.7. The molecule has 8 heteroatoms. The van der Waals surface area contributed by atoms with Crippen LogP contribution >= 0.6 is 34.5 Å². The zero-order chi connectivity index (χ0) is 25.6. The fourth-order valence-corrected chi connectivity index (χ4v) is 6.76. The number of pyridine rings is 1. The number of fused-ring (bicyclic) bond motifs is 2. The second-order valence-electron chi connectivity index (χ2n) is 9.10. The number of methoxy groups -OCH3 is 1. The molecule has 1 unspecified atom stereocenters. The van der Waals surface area contributed by atoms with E-state index in [0.717, 1.165) is 35.1 Å². The first-order valence-electron chi connectivity index (χ1n) is 11.7. The second kappa shape index (κ2) is 9.85. The first-order valence-corrected chi connectivity index (χ1v) is 13.2. The van der Waals surface area contributed by atoms with Crippen molar-refractivity contribution in [3.63, 3.8) is 0 Å². The molecule has 5 nitrogen and oxygen atoms in total. The summed E-state index contributed by atoms with van der Waals surface area (Å²) in [6.45, 7) is 4.06. The van der Waals surface area contributed by atoms with Crippen LogP contribution in [0.15, 0.2) is 42.5 Å². The Bertz CT molecular complexity index is 1530. The lowest BCUT2D eigenvalue weighted by Gasteiger charge is -2.18. The van der Waals surface area contributed by atoms with Gasteiger partial charge in [-0.05, 0) is 67.5 Å². The van der Waals surface area contributed by atoms with E-state index in [4.69, 9.17) is 32.9 Å². The molecular weight excluding hydrogens is 515 g/mol. The minimum Gasteiger partial charge on any atom is -0.465 e. The third kappa shape index (κ3) is 4.38. The highest BCUT2D eigenvalue weighted by Gasteiger charge is 2.30. The molecule has 1 aliphatic carbocycles. The molecule has 0 fully saturated rings. The molecule has 1 atom stereocenters. The van der Waals surface area contributed by atoms with Crippen LogP contribution in [0.3, 0.4) is 0 Å². The summed E-state index contributed by atoms with van der Waals surface area (Å²) in [4.78, 5) is 32.6. The Morgan fingerprint density at radius 1 is 1.14 bits per heavy atom. The molecule has 5 rings (SSSR count). The quantitative estimate of drug-likeness (QED) is 0.270. The van der Waals surface area contributed by atoms with Gasteiger partial charge >= 0.3 is 5.97 Å². The fraction of sp³-hybridized carbons (Fsp3) is 0.250. The Hall–Kier alpha value is -2.93. The summed E-state index contributed by atoms with van der Waals surface area (Å²) in [5, 5.41) is 5.26. The van der Waals surface area contributed by atoms with Crippen molar-refractivity contribution < 1.29 is 14.3 Å². The van der Waals surface area contributed by atoms with Gasteiger partial charge in [-0.25, -0.2) is 9.78 Å². The predicted molar refractivity (Wildman–Crippen MR) is 147 cm³/mol. The Balaban J connectivity index is 1.64. The van der Waals surface area contributed by atoms with Crippen LogP contribution in [0.5, 0.6) is 0 Å². The van der Waals surface area contributed by atoms with Crippen LogP contribution in [-0.4, -0.2) is 24.0 Å². The van der Waals surface area contributed by atoms with Crippen LogP contribution in [0.1, 0.15) is 50.1 Å². The topological polar surface area (TPSA) is 68.3 Å². The molecule has 0 aliphatic heterocycles. The Morgan fingerprint density at radius 3 is 2.67 bits per heavy atom. The molecular formula is C28H24Cl2N2O3S. The Morgan fingerprint density at radius 2 is 1.92 bits per heavy atom. The van der Waals surface area contributed by atoms with Gasteiger partial charge in [-0.2, -0.15) is 0 Å². The van der Waals surface area contributed by atoms with E-state index in [2.05, 4.69) is 12.2 Å². The normalized spacial score (nSPS) is 15.0. The van der Waals surface area contributed by atoms with Gasteiger partial charge in [0.05, 0.1) is 34.5 Å².